The summed E-state index contributed by atoms with van der Waals surface area (Å²) in [6.45, 7) is 1.88. The van der Waals surface area contributed by atoms with Gasteiger partial charge >= 0.3 is 0 Å². The minimum Gasteiger partial charge on any atom is -0.441 e. The molecule has 1 aliphatic rings. The molecule has 1 fully saturated rings. The summed E-state index contributed by atoms with van der Waals surface area (Å²) in [5.41, 5.74) is 4.28. The van der Waals surface area contributed by atoms with E-state index < -0.39 is 5.92 Å². The Morgan fingerprint density at radius 3 is 2.69 bits per heavy atom. The Kier molecular flexibility index (Phi) is 3.90. The first-order chi connectivity index (χ1) is 13.9. The highest BCUT2D eigenvalue weighted by molar-refractivity contribution is 5.93. The van der Waals surface area contributed by atoms with E-state index >= 15 is 0 Å². The van der Waals surface area contributed by atoms with Crippen molar-refractivity contribution in [3.8, 4) is 11.1 Å². The Balaban J connectivity index is 1.50. The minimum atomic E-state index is -2.69. The largest absolute Gasteiger partial charge is 0.441 e. The summed E-state index contributed by atoms with van der Waals surface area (Å²) >= 11 is 0. The second-order valence-electron chi connectivity index (χ2n) is 7.35. The third-order valence-electron chi connectivity index (χ3n) is 5.33. The van der Waals surface area contributed by atoms with Gasteiger partial charge in [0.05, 0.1) is 6.20 Å². The maximum absolute atomic E-state index is 13.4. The van der Waals surface area contributed by atoms with Gasteiger partial charge in [0.15, 0.2) is 11.5 Å². The monoisotopic (exact) mass is 396 g/mol. The molecule has 29 heavy (non-hydrogen) atoms. The van der Waals surface area contributed by atoms with E-state index in [0.717, 1.165) is 16.6 Å². The van der Waals surface area contributed by atoms with Crippen LogP contribution in [0.2, 0.25) is 0 Å². The highest BCUT2D eigenvalue weighted by atomic mass is 19.3. The Hall–Kier alpha value is -3.29. The summed E-state index contributed by atoms with van der Waals surface area (Å²) in [7, 11) is 0. The standard InChI is InChI=1S/C21H18F2N4O2/c1-13-25-16-10-14(2-4-18(16)29-13)15-3-5-19-24-11-17(27(19)12-15)20(28)26-8-6-21(22,23)7-9-26/h2-5,10-12H,6-9H2,1H3. The molecule has 0 aliphatic carbocycles. The van der Waals surface area contributed by atoms with Gasteiger partial charge in [-0.2, -0.15) is 0 Å². The summed E-state index contributed by atoms with van der Waals surface area (Å²) in [6.07, 6.45) is 2.72. The van der Waals surface area contributed by atoms with Gasteiger partial charge in [0.25, 0.3) is 11.8 Å². The molecular weight excluding hydrogens is 378 g/mol. The van der Waals surface area contributed by atoms with Crippen molar-refractivity contribution in [2.45, 2.75) is 25.7 Å². The van der Waals surface area contributed by atoms with Crippen LogP contribution < -0.4 is 0 Å². The van der Waals surface area contributed by atoms with Gasteiger partial charge in [0.1, 0.15) is 16.9 Å². The molecule has 0 spiro atoms. The van der Waals surface area contributed by atoms with Gasteiger partial charge in [-0.25, -0.2) is 18.7 Å². The summed E-state index contributed by atoms with van der Waals surface area (Å²) in [5.74, 6) is -2.38. The number of hydrogen-bond acceptors (Lipinski definition) is 4. The van der Waals surface area contributed by atoms with E-state index in [1.165, 1.54) is 11.1 Å². The Morgan fingerprint density at radius 2 is 1.90 bits per heavy atom. The molecule has 148 valence electrons. The van der Waals surface area contributed by atoms with Crippen LogP contribution in [-0.4, -0.2) is 44.2 Å². The number of hydrogen-bond donors (Lipinski definition) is 0. The van der Waals surface area contributed by atoms with Crippen LogP contribution >= 0.6 is 0 Å². The summed E-state index contributed by atoms with van der Waals surface area (Å²) < 4.78 is 34.1. The molecular formula is C21H18F2N4O2. The van der Waals surface area contributed by atoms with Crippen molar-refractivity contribution in [3.63, 3.8) is 0 Å². The van der Waals surface area contributed by atoms with Crippen molar-refractivity contribution in [3.05, 3.63) is 54.3 Å². The van der Waals surface area contributed by atoms with Crippen LogP contribution in [0.3, 0.4) is 0 Å². The third kappa shape index (κ3) is 3.14. The summed E-state index contributed by atoms with van der Waals surface area (Å²) in [6, 6.07) is 9.47. The molecule has 0 N–H and O–H groups in total. The van der Waals surface area contributed by atoms with Gasteiger partial charge in [0, 0.05) is 39.1 Å². The van der Waals surface area contributed by atoms with E-state index in [9.17, 15) is 13.6 Å². The van der Waals surface area contributed by atoms with E-state index in [-0.39, 0.29) is 31.8 Å². The second kappa shape index (κ2) is 6.37. The zero-order valence-electron chi connectivity index (χ0n) is 15.7. The topological polar surface area (TPSA) is 63.6 Å². The van der Waals surface area contributed by atoms with Crippen molar-refractivity contribution in [1.29, 1.82) is 0 Å². The fraction of sp³-hybridized carbons (Fsp3) is 0.286. The van der Waals surface area contributed by atoms with Crippen molar-refractivity contribution < 1.29 is 18.0 Å². The van der Waals surface area contributed by atoms with Crippen molar-refractivity contribution in [1.82, 2.24) is 19.3 Å². The summed E-state index contributed by atoms with van der Waals surface area (Å²) in [5, 5.41) is 0. The maximum Gasteiger partial charge on any atom is 0.272 e. The number of alkyl halides is 2. The number of likely N-dealkylation sites (tertiary alicyclic amines) is 1. The molecule has 0 radical (unpaired) electrons. The van der Waals surface area contributed by atoms with Crippen molar-refractivity contribution in [2.24, 2.45) is 0 Å². The molecule has 0 unspecified atom stereocenters. The highest BCUT2D eigenvalue weighted by Crippen LogP contribution is 2.29. The number of aromatic nitrogens is 3. The Morgan fingerprint density at radius 1 is 1.14 bits per heavy atom. The average Bonchev–Trinajstić information content (AvgIpc) is 3.28. The first kappa shape index (κ1) is 17.8. The van der Waals surface area contributed by atoms with Crippen molar-refractivity contribution in [2.75, 3.05) is 13.1 Å². The minimum absolute atomic E-state index is 0.0426. The predicted molar refractivity (Wildman–Crippen MR) is 103 cm³/mol. The first-order valence-electron chi connectivity index (χ1n) is 9.41. The predicted octanol–water partition coefficient (Wildman–Crippen LogP) is 4.32. The average molecular weight is 396 g/mol. The van der Waals surface area contributed by atoms with E-state index in [0.29, 0.717) is 22.8 Å². The van der Waals surface area contributed by atoms with Crippen LogP contribution in [0.25, 0.3) is 27.9 Å². The number of pyridine rings is 1. The van der Waals surface area contributed by atoms with Gasteiger partial charge in [-0.15, -0.1) is 0 Å². The molecule has 0 atom stereocenters. The van der Waals surface area contributed by atoms with Gasteiger partial charge in [-0.05, 0) is 35.4 Å². The quantitative estimate of drug-likeness (QED) is 0.506. The number of oxazole rings is 1. The molecule has 4 heterocycles. The smallest absolute Gasteiger partial charge is 0.272 e. The second-order valence-corrected chi connectivity index (χ2v) is 7.35. The lowest BCUT2D eigenvalue weighted by Crippen LogP contribution is -2.43. The van der Waals surface area contributed by atoms with Crippen LogP contribution in [0, 0.1) is 6.92 Å². The maximum atomic E-state index is 13.4. The fourth-order valence-electron chi connectivity index (χ4n) is 3.73. The van der Waals surface area contributed by atoms with Crippen LogP contribution in [0.15, 0.2) is 47.1 Å². The Bertz CT molecular complexity index is 1230. The number of piperidine rings is 1. The van der Waals surface area contributed by atoms with E-state index in [1.54, 1.807) is 11.3 Å². The number of carbonyl (C=O) groups is 1. The highest BCUT2D eigenvalue weighted by Gasteiger charge is 2.36. The van der Waals surface area contributed by atoms with Gasteiger partial charge in [-0.3, -0.25) is 9.20 Å². The molecule has 1 aromatic carbocycles. The lowest BCUT2D eigenvalue weighted by Gasteiger charge is -2.31. The summed E-state index contributed by atoms with van der Waals surface area (Å²) in [4.78, 5) is 23.0. The molecule has 6 nitrogen and oxygen atoms in total. The first-order valence-corrected chi connectivity index (χ1v) is 9.41. The number of halogens is 2. The lowest BCUT2D eigenvalue weighted by molar-refractivity contribution is -0.0495. The van der Waals surface area contributed by atoms with Gasteiger partial charge in [-0.1, -0.05) is 6.07 Å². The molecule has 3 aromatic heterocycles. The third-order valence-corrected chi connectivity index (χ3v) is 5.33. The van der Waals surface area contributed by atoms with Crippen LogP contribution in [0.1, 0.15) is 29.2 Å². The number of fused-ring (bicyclic) bond motifs is 2. The zero-order valence-corrected chi connectivity index (χ0v) is 15.7. The van der Waals surface area contributed by atoms with Crippen molar-refractivity contribution >= 4 is 22.7 Å². The molecule has 4 aromatic rings. The number of nitrogens with zero attached hydrogens (tertiary/aromatic N) is 4. The molecule has 0 saturated carbocycles. The fourth-order valence-corrected chi connectivity index (χ4v) is 3.73. The zero-order chi connectivity index (χ0) is 20.2. The van der Waals surface area contributed by atoms with Crippen LogP contribution in [-0.2, 0) is 0 Å². The van der Waals surface area contributed by atoms with E-state index in [1.807, 2.05) is 36.5 Å². The number of benzene rings is 1. The Labute approximate surface area is 164 Å². The number of rotatable bonds is 2. The number of aryl methyl sites for hydroxylation is 1. The molecule has 1 aliphatic heterocycles. The molecule has 0 bridgehead atoms. The number of imidazole rings is 1. The molecule has 8 heteroatoms. The van der Waals surface area contributed by atoms with Crippen LogP contribution in [0.4, 0.5) is 8.78 Å². The number of carbonyl (C=O) groups excluding carboxylic acids is 1. The van der Waals surface area contributed by atoms with Crippen LogP contribution in [0.5, 0.6) is 0 Å². The normalized spacial score (nSPS) is 16.6. The van der Waals surface area contributed by atoms with E-state index in [2.05, 4.69) is 9.97 Å². The van der Waals surface area contributed by atoms with Gasteiger partial charge < -0.3 is 9.32 Å². The SMILES string of the molecule is Cc1nc2cc(-c3ccc4ncc(C(=O)N5CCC(F)(F)CC5)n4c3)ccc2o1. The molecule has 1 saturated heterocycles. The lowest BCUT2D eigenvalue weighted by atomic mass is 10.1. The van der Waals surface area contributed by atoms with E-state index in [4.69, 9.17) is 4.42 Å². The van der Waals surface area contributed by atoms with Gasteiger partial charge in [0.2, 0.25) is 0 Å². The molecule has 5 rings (SSSR count). The number of amides is 1. The molecule has 1 amide bonds.